The third kappa shape index (κ3) is 4.28. The van der Waals surface area contributed by atoms with Crippen molar-refractivity contribution in [2.45, 2.75) is 6.54 Å². The standard InChI is InChI=1S/C22H18N4O3S/c1-29-17-9-5-6-15(10-17)12-24-25-20(27)13-26-14-23-21-18(22(26)28)11-19(30-21)16-7-3-2-4-8-16/h2-12,14H,13H2,1H3,(H,25,27)/b24-12-. The average molecular weight is 418 g/mol. The summed E-state index contributed by atoms with van der Waals surface area (Å²) < 4.78 is 6.42. The van der Waals surface area contributed by atoms with Crippen LogP contribution in [0, 0.1) is 0 Å². The van der Waals surface area contributed by atoms with E-state index >= 15 is 0 Å². The molecule has 4 rings (SSSR count). The molecule has 7 nitrogen and oxygen atoms in total. The largest absolute Gasteiger partial charge is 0.497 e. The first-order chi connectivity index (χ1) is 14.6. The predicted octanol–water partition coefficient (Wildman–Crippen LogP) is 3.28. The molecular weight excluding hydrogens is 400 g/mol. The highest BCUT2D eigenvalue weighted by molar-refractivity contribution is 7.21. The summed E-state index contributed by atoms with van der Waals surface area (Å²) in [6.45, 7) is -0.173. The van der Waals surface area contributed by atoms with Crippen molar-refractivity contribution in [3.63, 3.8) is 0 Å². The van der Waals surface area contributed by atoms with Gasteiger partial charge < -0.3 is 4.74 Å². The number of fused-ring (bicyclic) bond motifs is 1. The third-order valence-electron chi connectivity index (χ3n) is 4.39. The molecule has 8 heteroatoms. The maximum Gasteiger partial charge on any atom is 0.262 e. The molecule has 0 unspecified atom stereocenters. The molecule has 0 spiro atoms. The van der Waals surface area contributed by atoms with E-state index in [2.05, 4.69) is 15.5 Å². The average Bonchev–Trinajstić information content (AvgIpc) is 3.22. The number of methoxy groups -OCH3 is 1. The van der Waals surface area contributed by atoms with Crippen molar-refractivity contribution in [1.82, 2.24) is 15.0 Å². The SMILES string of the molecule is COc1cccc(/C=N\NC(=O)Cn2cnc3sc(-c4ccccc4)cc3c2=O)c1. The summed E-state index contributed by atoms with van der Waals surface area (Å²) in [5.41, 5.74) is 3.97. The second kappa shape index (κ2) is 8.71. The molecule has 0 radical (unpaired) electrons. The van der Waals surface area contributed by atoms with Gasteiger partial charge in [-0.05, 0) is 29.3 Å². The minimum absolute atomic E-state index is 0.173. The Balaban J connectivity index is 1.48. The Bertz CT molecular complexity index is 1280. The van der Waals surface area contributed by atoms with Gasteiger partial charge in [0.1, 0.15) is 17.1 Å². The zero-order valence-corrected chi connectivity index (χ0v) is 16.9. The van der Waals surface area contributed by atoms with E-state index in [9.17, 15) is 9.59 Å². The maximum atomic E-state index is 12.8. The number of hydrogen-bond donors (Lipinski definition) is 1. The second-order valence-corrected chi connectivity index (χ2v) is 7.47. The van der Waals surface area contributed by atoms with Crippen LogP contribution in [0.5, 0.6) is 5.75 Å². The molecule has 0 saturated carbocycles. The normalized spacial score (nSPS) is 11.1. The molecule has 2 aromatic carbocycles. The Morgan fingerprint density at radius 3 is 2.83 bits per heavy atom. The van der Waals surface area contributed by atoms with E-state index in [0.717, 1.165) is 16.0 Å². The molecule has 0 aliphatic carbocycles. The zero-order valence-electron chi connectivity index (χ0n) is 16.1. The van der Waals surface area contributed by atoms with Crippen LogP contribution in [0.2, 0.25) is 0 Å². The Kier molecular flexibility index (Phi) is 5.67. The molecule has 2 aromatic heterocycles. The van der Waals surface area contributed by atoms with Crippen molar-refractivity contribution in [3.8, 4) is 16.2 Å². The van der Waals surface area contributed by atoms with Crippen molar-refractivity contribution in [2.75, 3.05) is 7.11 Å². The number of rotatable bonds is 6. The van der Waals surface area contributed by atoms with Crippen LogP contribution in [0.4, 0.5) is 0 Å². The number of hydrazone groups is 1. The van der Waals surface area contributed by atoms with Crippen molar-refractivity contribution in [1.29, 1.82) is 0 Å². The summed E-state index contributed by atoms with van der Waals surface area (Å²) in [6, 6.07) is 18.9. The van der Waals surface area contributed by atoms with Gasteiger partial charge in [0.05, 0.1) is 25.0 Å². The first kappa shape index (κ1) is 19.5. The molecule has 0 fully saturated rings. The van der Waals surface area contributed by atoms with Crippen LogP contribution in [0.15, 0.2) is 76.9 Å². The molecule has 1 N–H and O–H groups in total. The van der Waals surface area contributed by atoms with E-state index in [0.29, 0.717) is 16.0 Å². The lowest BCUT2D eigenvalue weighted by Crippen LogP contribution is -2.29. The molecular formula is C22H18N4O3S. The van der Waals surface area contributed by atoms with Crippen LogP contribution in [0.25, 0.3) is 20.7 Å². The lowest BCUT2D eigenvalue weighted by molar-refractivity contribution is -0.121. The fourth-order valence-electron chi connectivity index (χ4n) is 2.91. The number of benzene rings is 2. The number of hydrogen-bond acceptors (Lipinski definition) is 6. The van der Waals surface area contributed by atoms with Gasteiger partial charge in [-0.1, -0.05) is 42.5 Å². The minimum Gasteiger partial charge on any atom is -0.497 e. The van der Waals surface area contributed by atoms with Crippen LogP contribution in [-0.4, -0.2) is 28.8 Å². The lowest BCUT2D eigenvalue weighted by Gasteiger charge is -2.04. The van der Waals surface area contributed by atoms with E-state index in [1.165, 1.54) is 28.4 Å². The van der Waals surface area contributed by atoms with E-state index in [1.54, 1.807) is 13.2 Å². The minimum atomic E-state index is -0.420. The lowest BCUT2D eigenvalue weighted by atomic mass is 10.2. The Morgan fingerprint density at radius 1 is 1.20 bits per heavy atom. The van der Waals surface area contributed by atoms with Crippen LogP contribution in [0.3, 0.4) is 0 Å². The highest BCUT2D eigenvalue weighted by Gasteiger charge is 2.12. The summed E-state index contributed by atoms with van der Waals surface area (Å²) in [6.07, 6.45) is 2.90. The first-order valence-electron chi connectivity index (χ1n) is 9.14. The molecule has 30 heavy (non-hydrogen) atoms. The van der Waals surface area contributed by atoms with E-state index in [1.807, 2.05) is 54.6 Å². The van der Waals surface area contributed by atoms with Gasteiger partial charge in [0.25, 0.3) is 11.5 Å². The Hall–Kier alpha value is -3.78. The summed E-state index contributed by atoms with van der Waals surface area (Å²) in [7, 11) is 1.58. The fourth-order valence-corrected chi connectivity index (χ4v) is 3.90. The van der Waals surface area contributed by atoms with E-state index in [4.69, 9.17) is 4.74 Å². The second-order valence-electron chi connectivity index (χ2n) is 6.44. The molecule has 0 aliphatic rings. The summed E-state index contributed by atoms with van der Waals surface area (Å²) in [5.74, 6) is 0.276. The number of thiophene rings is 1. The third-order valence-corrected chi connectivity index (χ3v) is 5.48. The van der Waals surface area contributed by atoms with Crippen LogP contribution >= 0.6 is 11.3 Å². The van der Waals surface area contributed by atoms with Crippen LogP contribution in [-0.2, 0) is 11.3 Å². The summed E-state index contributed by atoms with van der Waals surface area (Å²) >= 11 is 1.45. The predicted molar refractivity (Wildman–Crippen MR) is 118 cm³/mol. The Labute approximate surface area is 176 Å². The quantitative estimate of drug-likeness (QED) is 0.385. The molecule has 150 valence electrons. The van der Waals surface area contributed by atoms with Crippen molar-refractivity contribution in [2.24, 2.45) is 5.10 Å². The molecule has 0 saturated heterocycles. The van der Waals surface area contributed by atoms with Crippen LogP contribution in [0.1, 0.15) is 5.56 Å². The number of nitrogens with one attached hydrogen (secondary N) is 1. The summed E-state index contributed by atoms with van der Waals surface area (Å²) in [5, 5.41) is 4.43. The van der Waals surface area contributed by atoms with Crippen molar-refractivity contribution < 1.29 is 9.53 Å². The number of amides is 1. The highest BCUT2D eigenvalue weighted by atomic mass is 32.1. The van der Waals surface area contributed by atoms with Gasteiger partial charge in [-0.3, -0.25) is 14.2 Å². The number of carbonyl (C=O) groups is 1. The zero-order chi connectivity index (χ0) is 20.9. The fraction of sp³-hybridized carbons (Fsp3) is 0.0909. The first-order valence-corrected chi connectivity index (χ1v) is 9.96. The highest BCUT2D eigenvalue weighted by Crippen LogP contribution is 2.30. The molecule has 4 aromatic rings. The maximum absolute atomic E-state index is 12.8. The summed E-state index contributed by atoms with van der Waals surface area (Å²) in [4.78, 5) is 30.9. The van der Waals surface area contributed by atoms with Gasteiger partial charge in [0.2, 0.25) is 0 Å². The van der Waals surface area contributed by atoms with Gasteiger partial charge in [0, 0.05) is 4.88 Å². The van der Waals surface area contributed by atoms with Crippen LogP contribution < -0.4 is 15.7 Å². The number of carbonyl (C=O) groups excluding carboxylic acids is 1. The van der Waals surface area contributed by atoms with Gasteiger partial charge in [0.15, 0.2) is 0 Å². The topological polar surface area (TPSA) is 85.6 Å². The monoisotopic (exact) mass is 418 g/mol. The van der Waals surface area contributed by atoms with E-state index in [-0.39, 0.29) is 12.1 Å². The number of nitrogens with zero attached hydrogens (tertiary/aromatic N) is 3. The molecule has 2 heterocycles. The number of ether oxygens (including phenoxy) is 1. The molecule has 0 atom stereocenters. The molecule has 0 bridgehead atoms. The van der Waals surface area contributed by atoms with Gasteiger partial charge in [-0.25, -0.2) is 10.4 Å². The Morgan fingerprint density at radius 2 is 2.03 bits per heavy atom. The smallest absolute Gasteiger partial charge is 0.262 e. The van der Waals surface area contributed by atoms with E-state index < -0.39 is 5.91 Å². The van der Waals surface area contributed by atoms with Crippen molar-refractivity contribution in [3.05, 3.63) is 82.9 Å². The van der Waals surface area contributed by atoms with Crippen molar-refractivity contribution >= 4 is 33.7 Å². The van der Waals surface area contributed by atoms with Gasteiger partial charge in [-0.2, -0.15) is 5.10 Å². The number of aromatic nitrogens is 2. The molecule has 1 amide bonds. The van der Waals surface area contributed by atoms with Gasteiger partial charge in [-0.15, -0.1) is 11.3 Å². The molecule has 0 aliphatic heterocycles. The van der Waals surface area contributed by atoms with Gasteiger partial charge >= 0.3 is 0 Å².